The first-order valence-electron chi connectivity index (χ1n) is 10.5. The number of unbranched alkanes of at least 4 members (excludes halogenated alkanes) is 1. The third kappa shape index (κ3) is 6.19. The molecule has 0 spiro atoms. The number of halogens is 1. The summed E-state index contributed by atoms with van der Waals surface area (Å²) in [6, 6.07) is 6.27. The van der Waals surface area contributed by atoms with E-state index in [-0.39, 0.29) is 42.2 Å². The molecule has 0 aliphatic heterocycles. The van der Waals surface area contributed by atoms with E-state index in [1.807, 2.05) is 20.8 Å². The van der Waals surface area contributed by atoms with E-state index in [2.05, 4.69) is 4.98 Å². The molecular formula is C22H32FN5O3. The van der Waals surface area contributed by atoms with Gasteiger partial charge >= 0.3 is 5.69 Å². The van der Waals surface area contributed by atoms with E-state index in [4.69, 9.17) is 5.73 Å². The molecule has 8 nitrogen and oxygen atoms in total. The Morgan fingerprint density at radius 2 is 1.94 bits per heavy atom. The first-order valence-corrected chi connectivity index (χ1v) is 10.5. The zero-order valence-electron chi connectivity index (χ0n) is 18.7. The molecule has 0 atom stereocenters. The van der Waals surface area contributed by atoms with Crippen molar-refractivity contribution >= 4 is 17.4 Å². The first-order chi connectivity index (χ1) is 14.6. The van der Waals surface area contributed by atoms with Gasteiger partial charge in [0.15, 0.2) is 0 Å². The highest BCUT2D eigenvalue weighted by atomic mass is 19.1. The van der Waals surface area contributed by atoms with Crippen molar-refractivity contribution in [2.45, 2.75) is 46.7 Å². The second-order valence-electron chi connectivity index (χ2n) is 8.11. The molecule has 0 radical (unpaired) electrons. The Hall–Kier alpha value is -3.10. The number of hydrogen-bond acceptors (Lipinski definition) is 5. The molecule has 1 amide bonds. The van der Waals surface area contributed by atoms with E-state index in [1.54, 1.807) is 30.1 Å². The summed E-state index contributed by atoms with van der Waals surface area (Å²) in [7, 11) is 1.58. The van der Waals surface area contributed by atoms with Crippen LogP contribution in [-0.2, 0) is 17.9 Å². The number of nitrogens with zero attached hydrogens (tertiary/aromatic N) is 3. The summed E-state index contributed by atoms with van der Waals surface area (Å²) in [5.41, 5.74) is 5.55. The second kappa shape index (κ2) is 10.8. The minimum Gasteiger partial charge on any atom is -0.383 e. The standard InChI is InChI=1S/C22H32FN5O3/c1-5-6-11-28-20(24)19(21(30)25-22(28)31)27(12-15(2)3)14-18(29)26(4)13-16-9-7-8-10-17(16)23/h7-10,15H,5-6,11-14,24H2,1-4H3,(H,25,30,31). The van der Waals surface area contributed by atoms with E-state index >= 15 is 0 Å². The van der Waals surface area contributed by atoms with Gasteiger partial charge in [-0.25, -0.2) is 9.18 Å². The molecule has 0 bridgehead atoms. The van der Waals surface area contributed by atoms with Crippen molar-refractivity contribution in [2.75, 3.05) is 30.8 Å². The molecule has 0 aliphatic rings. The maximum atomic E-state index is 14.0. The molecule has 0 fully saturated rings. The lowest BCUT2D eigenvalue weighted by Crippen LogP contribution is -2.44. The number of aromatic nitrogens is 2. The monoisotopic (exact) mass is 433 g/mol. The molecule has 0 unspecified atom stereocenters. The first kappa shape index (κ1) is 24.2. The van der Waals surface area contributed by atoms with Crippen LogP contribution in [0.4, 0.5) is 15.9 Å². The molecule has 1 aromatic carbocycles. The normalized spacial score (nSPS) is 11.0. The molecule has 2 rings (SSSR count). The number of nitrogens with one attached hydrogen (secondary N) is 1. The lowest BCUT2D eigenvalue weighted by molar-refractivity contribution is -0.129. The number of H-pyrrole nitrogens is 1. The molecule has 9 heteroatoms. The Labute approximate surface area is 181 Å². The van der Waals surface area contributed by atoms with Crippen molar-refractivity contribution in [3.05, 3.63) is 56.5 Å². The summed E-state index contributed by atoms with van der Waals surface area (Å²) in [6.45, 7) is 6.64. The average Bonchev–Trinajstić information content (AvgIpc) is 2.68. The quantitative estimate of drug-likeness (QED) is 0.598. The predicted octanol–water partition coefficient (Wildman–Crippen LogP) is 2.18. The van der Waals surface area contributed by atoms with Gasteiger partial charge in [-0.3, -0.25) is 19.1 Å². The maximum Gasteiger partial charge on any atom is 0.330 e. The SMILES string of the molecule is CCCCn1c(N)c(N(CC(=O)N(C)Cc2ccccc2F)CC(C)C)c(=O)[nH]c1=O. The van der Waals surface area contributed by atoms with Gasteiger partial charge in [0, 0.05) is 32.2 Å². The lowest BCUT2D eigenvalue weighted by Gasteiger charge is -2.29. The largest absolute Gasteiger partial charge is 0.383 e. The number of hydrogen-bond donors (Lipinski definition) is 2. The van der Waals surface area contributed by atoms with Crippen molar-refractivity contribution in [2.24, 2.45) is 5.92 Å². The van der Waals surface area contributed by atoms with Crippen LogP contribution in [0.2, 0.25) is 0 Å². The van der Waals surface area contributed by atoms with Gasteiger partial charge in [0.1, 0.15) is 17.3 Å². The predicted molar refractivity (Wildman–Crippen MR) is 121 cm³/mol. The molecule has 1 aromatic heterocycles. The molecule has 170 valence electrons. The average molecular weight is 434 g/mol. The summed E-state index contributed by atoms with van der Waals surface area (Å²) in [6.07, 6.45) is 1.58. The van der Waals surface area contributed by atoms with Crippen molar-refractivity contribution in [1.29, 1.82) is 0 Å². The number of likely N-dealkylation sites (N-methyl/N-ethyl adjacent to an activating group) is 1. The number of nitrogens with two attached hydrogens (primary N) is 1. The summed E-state index contributed by atoms with van der Waals surface area (Å²) in [5.74, 6) is -0.509. The van der Waals surface area contributed by atoms with Gasteiger partial charge in [0.25, 0.3) is 5.56 Å². The van der Waals surface area contributed by atoms with Gasteiger partial charge in [0.2, 0.25) is 5.91 Å². The van der Waals surface area contributed by atoms with Crippen LogP contribution in [0.1, 0.15) is 39.2 Å². The van der Waals surface area contributed by atoms with Gasteiger partial charge in [-0.1, -0.05) is 45.4 Å². The molecule has 0 saturated heterocycles. The highest BCUT2D eigenvalue weighted by Crippen LogP contribution is 2.19. The third-order valence-corrected chi connectivity index (χ3v) is 4.97. The number of anilines is 2. The van der Waals surface area contributed by atoms with E-state index in [0.29, 0.717) is 18.7 Å². The van der Waals surface area contributed by atoms with E-state index in [0.717, 1.165) is 12.8 Å². The van der Waals surface area contributed by atoms with Crippen molar-refractivity contribution in [1.82, 2.24) is 14.5 Å². The summed E-state index contributed by atoms with van der Waals surface area (Å²) >= 11 is 0. The van der Waals surface area contributed by atoms with Crippen molar-refractivity contribution in [3.63, 3.8) is 0 Å². The molecule has 1 heterocycles. The van der Waals surface area contributed by atoms with Gasteiger partial charge < -0.3 is 15.5 Å². The molecule has 31 heavy (non-hydrogen) atoms. The third-order valence-electron chi connectivity index (χ3n) is 4.97. The summed E-state index contributed by atoms with van der Waals surface area (Å²) < 4.78 is 15.3. The minimum absolute atomic E-state index is 0.0485. The number of carbonyl (C=O) groups excluding carboxylic acids is 1. The lowest BCUT2D eigenvalue weighted by atomic mass is 10.2. The van der Waals surface area contributed by atoms with Gasteiger partial charge in [0.05, 0.1) is 6.54 Å². The van der Waals surface area contributed by atoms with Crippen LogP contribution in [0.5, 0.6) is 0 Å². The smallest absolute Gasteiger partial charge is 0.330 e. The molecule has 3 N–H and O–H groups in total. The number of aromatic amines is 1. The van der Waals surface area contributed by atoms with Crippen LogP contribution in [0.15, 0.2) is 33.9 Å². The Kier molecular flexibility index (Phi) is 8.41. The maximum absolute atomic E-state index is 14.0. The van der Waals surface area contributed by atoms with Crippen LogP contribution in [0, 0.1) is 11.7 Å². The van der Waals surface area contributed by atoms with Crippen LogP contribution < -0.4 is 21.9 Å². The fraction of sp³-hybridized carbons (Fsp3) is 0.500. The van der Waals surface area contributed by atoms with E-state index < -0.39 is 11.2 Å². The Bertz CT molecular complexity index is 1010. The summed E-state index contributed by atoms with van der Waals surface area (Å²) in [5, 5.41) is 0. The molecule has 0 saturated carbocycles. The topological polar surface area (TPSA) is 104 Å². The van der Waals surface area contributed by atoms with E-state index in [9.17, 15) is 18.8 Å². The zero-order valence-corrected chi connectivity index (χ0v) is 18.7. The Balaban J connectivity index is 2.33. The number of benzene rings is 1. The van der Waals surface area contributed by atoms with Gasteiger partial charge in [-0.2, -0.15) is 0 Å². The molecule has 2 aromatic rings. The van der Waals surface area contributed by atoms with Gasteiger partial charge in [-0.15, -0.1) is 0 Å². The number of amides is 1. The van der Waals surface area contributed by atoms with Crippen LogP contribution in [0.25, 0.3) is 0 Å². The number of rotatable bonds is 10. The number of nitrogen functional groups attached to an aromatic ring is 1. The van der Waals surface area contributed by atoms with Gasteiger partial charge in [-0.05, 0) is 18.4 Å². The number of carbonyl (C=O) groups is 1. The minimum atomic E-state index is -0.625. The van der Waals surface area contributed by atoms with Crippen LogP contribution in [0.3, 0.4) is 0 Å². The van der Waals surface area contributed by atoms with Crippen molar-refractivity contribution in [3.8, 4) is 0 Å². The Morgan fingerprint density at radius 1 is 1.26 bits per heavy atom. The molecule has 0 aliphatic carbocycles. The highest BCUT2D eigenvalue weighted by Gasteiger charge is 2.23. The highest BCUT2D eigenvalue weighted by molar-refractivity contribution is 5.82. The zero-order chi connectivity index (χ0) is 23.1. The fourth-order valence-electron chi connectivity index (χ4n) is 3.35. The second-order valence-corrected chi connectivity index (χ2v) is 8.11. The van der Waals surface area contributed by atoms with Crippen LogP contribution in [-0.4, -0.2) is 40.5 Å². The van der Waals surface area contributed by atoms with Crippen LogP contribution >= 0.6 is 0 Å². The fourth-order valence-corrected chi connectivity index (χ4v) is 3.35. The Morgan fingerprint density at radius 3 is 2.55 bits per heavy atom. The summed E-state index contributed by atoms with van der Waals surface area (Å²) in [4.78, 5) is 43.1. The van der Waals surface area contributed by atoms with Crippen molar-refractivity contribution < 1.29 is 9.18 Å². The van der Waals surface area contributed by atoms with E-state index in [1.165, 1.54) is 15.5 Å². The molecular weight excluding hydrogens is 401 g/mol.